The van der Waals surface area contributed by atoms with Crippen LogP contribution in [-0.4, -0.2) is 6.04 Å². The van der Waals surface area contributed by atoms with E-state index in [1.54, 1.807) is 0 Å². The predicted molar refractivity (Wildman–Crippen MR) is 83.4 cm³/mol. The van der Waals surface area contributed by atoms with Gasteiger partial charge in [0, 0.05) is 12.1 Å². The number of nitrogens with one attached hydrogen (secondary N) is 1. The van der Waals surface area contributed by atoms with Gasteiger partial charge in [0.15, 0.2) is 0 Å². The second-order valence-corrected chi connectivity index (χ2v) is 6.62. The second-order valence-electron chi connectivity index (χ2n) is 6.62. The maximum absolute atomic E-state index is 3.88. The highest BCUT2D eigenvalue weighted by Crippen LogP contribution is 2.31. The lowest BCUT2D eigenvalue weighted by molar-refractivity contribution is 0.196. The van der Waals surface area contributed by atoms with Crippen LogP contribution in [-0.2, 0) is 0 Å². The van der Waals surface area contributed by atoms with E-state index in [0.29, 0.717) is 12.1 Å². The van der Waals surface area contributed by atoms with Gasteiger partial charge in [-0.2, -0.15) is 0 Å². The van der Waals surface area contributed by atoms with E-state index in [1.165, 1.54) is 36.0 Å². The minimum Gasteiger partial charge on any atom is -0.307 e. The Morgan fingerprint density at radius 1 is 1.16 bits per heavy atom. The molecule has 1 nitrogen and oxygen atoms in total. The number of rotatable bonds is 3. The molecule has 1 aliphatic rings. The van der Waals surface area contributed by atoms with Crippen molar-refractivity contribution in [2.24, 2.45) is 11.8 Å². The molecule has 0 aliphatic heterocycles. The molecule has 1 aromatic carbocycles. The van der Waals surface area contributed by atoms with Gasteiger partial charge in [-0.25, -0.2) is 0 Å². The van der Waals surface area contributed by atoms with E-state index in [-0.39, 0.29) is 0 Å². The SMILES string of the molecule is Cc1ccc(C(C)NC2CCCC(C)C2C)c(C)c1. The van der Waals surface area contributed by atoms with Crippen molar-refractivity contribution >= 4 is 0 Å². The fraction of sp³-hybridized carbons (Fsp3) is 0.667. The Morgan fingerprint density at radius 2 is 1.89 bits per heavy atom. The van der Waals surface area contributed by atoms with Crippen LogP contribution >= 0.6 is 0 Å². The molecule has 4 atom stereocenters. The summed E-state index contributed by atoms with van der Waals surface area (Å²) in [5, 5.41) is 3.88. The molecule has 0 heterocycles. The molecule has 0 radical (unpaired) electrons. The van der Waals surface area contributed by atoms with Crippen LogP contribution in [0, 0.1) is 25.7 Å². The number of benzene rings is 1. The first-order valence-corrected chi connectivity index (χ1v) is 7.82. The zero-order chi connectivity index (χ0) is 14.0. The van der Waals surface area contributed by atoms with Crippen molar-refractivity contribution in [3.63, 3.8) is 0 Å². The Balaban J connectivity index is 2.05. The van der Waals surface area contributed by atoms with E-state index in [9.17, 15) is 0 Å². The van der Waals surface area contributed by atoms with Gasteiger partial charge in [-0.15, -0.1) is 0 Å². The summed E-state index contributed by atoms with van der Waals surface area (Å²) in [6, 6.07) is 7.95. The summed E-state index contributed by atoms with van der Waals surface area (Å²) in [5.74, 6) is 1.65. The molecule has 1 aromatic rings. The Kier molecular flexibility index (Phi) is 4.67. The first-order valence-electron chi connectivity index (χ1n) is 7.82. The quantitative estimate of drug-likeness (QED) is 0.824. The molecule has 1 N–H and O–H groups in total. The fourth-order valence-corrected chi connectivity index (χ4v) is 3.54. The van der Waals surface area contributed by atoms with Crippen molar-refractivity contribution in [2.75, 3.05) is 0 Å². The van der Waals surface area contributed by atoms with Crippen LogP contribution in [0.2, 0.25) is 0 Å². The molecule has 0 bridgehead atoms. The third-order valence-corrected chi connectivity index (χ3v) is 5.06. The molecule has 1 heteroatoms. The molecule has 2 rings (SSSR count). The molecule has 19 heavy (non-hydrogen) atoms. The minimum atomic E-state index is 0.457. The normalized spacial score (nSPS) is 29.2. The van der Waals surface area contributed by atoms with Crippen molar-refractivity contribution < 1.29 is 0 Å². The maximum Gasteiger partial charge on any atom is 0.0297 e. The predicted octanol–water partition coefficient (Wildman–Crippen LogP) is 4.78. The number of hydrogen-bond donors (Lipinski definition) is 1. The first-order chi connectivity index (χ1) is 8.99. The Hall–Kier alpha value is -0.820. The Morgan fingerprint density at radius 3 is 2.58 bits per heavy atom. The van der Waals surface area contributed by atoms with E-state index in [2.05, 4.69) is 58.1 Å². The van der Waals surface area contributed by atoms with Gasteiger partial charge in [-0.1, -0.05) is 50.5 Å². The van der Waals surface area contributed by atoms with Gasteiger partial charge in [0.05, 0.1) is 0 Å². The van der Waals surface area contributed by atoms with E-state index >= 15 is 0 Å². The minimum absolute atomic E-state index is 0.457. The van der Waals surface area contributed by atoms with Crippen molar-refractivity contribution in [1.29, 1.82) is 0 Å². The van der Waals surface area contributed by atoms with Crippen molar-refractivity contribution in [3.05, 3.63) is 34.9 Å². The van der Waals surface area contributed by atoms with Gasteiger partial charge >= 0.3 is 0 Å². The summed E-state index contributed by atoms with van der Waals surface area (Å²) >= 11 is 0. The summed E-state index contributed by atoms with van der Waals surface area (Å²) < 4.78 is 0. The van der Waals surface area contributed by atoms with Crippen LogP contribution in [0.3, 0.4) is 0 Å². The largest absolute Gasteiger partial charge is 0.307 e. The average Bonchev–Trinajstić information content (AvgIpc) is 2.34. The summed E-state index contributed by atoms with van der Waals surface area (Å²) in [6.07, 6.45) is 4.11. The van der Waals surface area contributed by atoms with E-state index < -0.39 is 0 Å². The lowest BCUT2D eigenvalue weighted by atomic mass is 9.77. The topological polar surface area (TPSA) is 12.0 Å². The van der Waals surface area contributed by atoms with Crippen molar-refractivity contribution in [2.45, 2.75) is 66.0 Å². The van der Waals surface area contributed by atoms with Crippen LogP contribution < -0.4 is 5.32 Å². The first kappa shape index (κ1) is 14.6. The molecule has 4 unspecified atom stereocenters. The average molecular weight is 259 g/mol. The molecule has 1 fully saturated rings. The summed E-state index contributed by atoms with van der Waals surface area (Å²) in [4.78, 5) is 0. The Labute approximate surface area is 118 Å². The molecule has 106 valence electrons. The van der Waals surface area contributed by atoms with Gasteiger partial charge in [-0.05, 0) is 50.2 Å². The zero-order valence-corrected chi connectivity index (χ0v) is 13.2. The molecule has 1 aliphatic carbocycles. The zero-order valence-electron chi connectivity index (χ0n) is 13.2. The Bertz CT molecular complexity index is 424. The van der Waals surface area contributed by atoms with E-state index in [4.69, 9.17) is 0 Å². The van der Waals surface area contributed by atoms with Gasteiger partial charge in [0.2, 0.25) is 0 Å². The van der Waals surface area contributed by atoms with Gasteiger partial charge in [0.25, 0.3) is 0 Å². The number of aryl methyl sites for hydroxylation is 2. The van der Waals surface area contributed by atoms with Crippen molar-refractivity contribution in [3.8, 4) is 0 Å². The van der Waals surface area contributed by atoms with Gasteiger partial charge < -0.3 is 5.32 Å². The van der Waals surface area contributed by atoms with Gasteiger partial charge in [-0.3, -0.25) is 0 Å². The lowest BCUT2D eigenvalue weighted by Gasteiger charge is -2.37. The summed E-state index contributed by atoms with van der Waals surface area (Å²) in [6.45, 7) is 11.5. The van der Waals surface area contributed by atoms with E-state index in [0.717, 1.165) is 11.8 Å². The van der Waals surface area contributed by atoms with Crippen LogP contribution in [0.15, 0.2) is 18.2 Å². The molecule has 0 saturated heterocycles. The van der Waals surface area contributed by atoms with E-state index in [1.807, 2.05) is 0 Å². The third kappa shape index (κ3) is 3.39. The van der Waals surface area contributed by atoms with Crippen LogP contribution in [0.4, 0.5) is 0 Å². The van der Waals surface area contributed by atoms with Crippen LogP contribution in [0.25, 0.3) is 0 Å². The molecule has 1 saturated carbocycles. The fourth-order valence-electron chi connectivity index (χ4n) is 3.54. The molecule has 0 amide bonds. The highest BCUT2D eigenvalue weighted by atomic mass is 15.0. The van der Waals surface area contributed by atoms with Crippen LogP contribution in [0.1, 0.15) is 62.8 Å². The smallest absolute Gasteiger partial charge is 0.0297 e. The summed E-state index contributed by atoms with van der Waals surface area (Å²) in [7, 11) is 0. The lowest BCUT2D eigenvalue weighted by Crippen LogP contribution is -2.41. The molecular formula is C18H29N. The van der Waals surface area contributed by atoms with Crippen molar-refractivity contribution in [1.82, 2.24) is 5.32 Å². The summed E-state index contributed by atoms with van der Waals surface area (Å²) in [5.41, 5.74) is 4.22. The maximum atomic E-state index is 3.88. The third-order valence-electron chi connectivity index (χ3n) is 5.06. The highest BCUT2D eigenvalue weighted by molar-refractivity contribution is 5.32. The molecule has 0 spiro atoms. The number of hydrogen-bond acceptors (Lipinski definition) is 1. The highest BCUT2D eigenvalue weighted by Gasteiger charge is 2.28. The molecule has 0 aromatic heterocycles. The monoisotopic (exact) mass is 259 g/mol. The second kappa shape index (κ2) is 6.09. The standard InChI is InChI=1S/C18H29N/c1-12-9-10-17(14(3)11-12)16(5)19-18-8-6-7-13(2)15(18)4/h9-11,13,15-16,18-19H,6-8H2,1-5H3. The van der Waals surface area contributed by atoms with Gasteiger partial charge in [0.1, 0.15) is 0 Å². The van der Waals surface area contributed by atoms with Crippen LogP contribution in [0.5, 0.6) is 0 Å². The molecular weight excluding hydrogens is 230 g/mol.